The van der Waals surface area contributed by atoms with E-state index in [1.54, 1.807) is 0 Å². The first kappa shape index (κ1) is 9.46. The van der Waals surface area contributed by atoms with Gasteiger partial charge in [0, 0.05) is 12.8 Å². The van der Waals surface area contributed by atoms with Gasteiger partial charge >= 0.3 is 0 Å². The normalized spacial score (nSPS) is 22.1. The number of hydrogen-bond donors (Lipinski definition) is 1. The molecule has 1 aliphatic carbocycles. The van der Waals surface area contributed by atoms with Crippen molar-refractivity contribution in [2.75, 3.05) is 0 Å². The minimum atomic E-state index is -0.702. The van der Waals surface area contributed by atoms with Crippen molar-refractivity contribution in [3.63, 3.8) is 0 Å². The van der Waals surface area contributed by atoms with Crippen LogP contribution in [0.4, 0.5) is 0 Å². The number of hydrogen-bond acceptors (Lipinski definition) is 2. The molecular weight excluding hydrogens is 152 g/mol. The van der Waals surface area contributed by atoms with Crippen LogP contribution in [0.2, 0.25) is 0 Å². The minimum Gasteiger partial charge on any atom is -0.386 e. The number of carbonyl (C=O) groups is 1. The number of rotatable bonds is 1. The molecular formula is C10H16O2. The van der Waals surface area contributed by atoms with Gasteiger partial charge in [-0.25, -0.2) is 0 Å². The molecule has 2 heteroatoms. The molecule has 0 heterocycles. The van der Waals surface area contributed by atoms with E-state index in [0.29, 0.717) is 25.7 Å². The molecule has 0 unspecified atom stereocenters. The Bertz CT molecular complexity index is 202. The van der Waals surface area contributed by atoms with E-state index in [1.807, 2.05) is 19.9 Å². The van der Waals surface area contributed by atoms with Crippen LogP contribution in [-0.4, -0.2) is 16.5 Å². The van der Waals surface area contributed by atoms with Crippen LogP contribution < -0.4 is 0 Å². The second-order valence-corrected chi connectivity index (χ2v) is 3.86. The van der Waals surface area contributed by atoms with Crippen LogP contribution in [-0.2, 0) is 4.79 Å². The maximum atomic E-state index is 10.9. The molecule has 0 spiro atoms. The summed E-state index contributed by atoms with van der Waals surface area (Å²) in [6, 6.07) is 0. The Kier molecular flexibility index (Phi) is 2.68. The van der Waals surface area contributed by atoms with E-state index in [2.05, 4.69) is 0 Å². The van der Waals surface area contributed by atoms with Gasteiger partial charge in [-0.3, -0.25) is 4.79 Å². The summed E-state index contributed by atoms with van der Waals surface area (Å²) >= 11 is 0. The molecule has 0 aromatic carbocycles. The Morgan fingerprint density at radius 1 is 1.42 bits per heavy atom. The molecule has 68 valence electrons. The van der Waals surface area contributed by atoms with Gasteiger partial charge in [0.2, 0.25) is 0 Å². The molecule has 0 aliphatic heterocycles. The van der Waals surface area contributed by atoms with E-state index < -0.39 is 5.60 Å². The maximum absolute atomic E-state index is 10.9. The molecule has 0 atom stereocenters. The third kappa shape index (κ3) is 2.45. The summed E-state index contributed by atoms with van der Waals surface area (Å²) in [5.74, 6) is 0.279. The van der Waals surface area contributed by atoms with Gasteiger partial charge in [0.15, 0.2) is 0 Å². The second kappa shape index (κ2) is 3.40. The lowest BCUT2D eigenvalue weighted by Gasteiger charge is -2.28. The largest absolute Gasteiger partial charge is 0.386 e. The fourth-order valence-corrected chi connectivity index (χ4v) is 1.64. The number of ketones is 1. The molecule has 1 fully saturated rings. The van der Waals surface area contributed by atoms with Gasteiger partial charge in [-0.1, -0.05) is 11.6 Å². The van der Waals surface area contributed by atoms with Gasteiger partial charge in [-0.15, -0.1) is 0 Å². The lowest BCUT2D eigenvalue weighted by atomic mass is 9.83. The highest BCUT2D eigenvalue weighted by Crippen LogP contribution is 2.28. The number of carbonyl (C=O) groups excluding carboxylic acids is 1. The standard InChI is InChI=1S/C10H16O2/c1-8(2)7-10(12)5-3-9(11)4-6-10/h7,12H,3-6H2,1-2H3. The number of aliphatic hydroxyl groups is 1. The predicted molar refractivity (Wildman–Crippen MR) is 47.9 cm³/mol. The summed E-state index contributed by atoms with van der Waals surface area (Å²) in [6.07, 6.45) is 4.12. The zero-order chi connectivity index (χ0) is 9.19. The van der Waals surface area contributed by atoms with Crippen LogP contribution in [0.15, 0.2) is 11.6 Å². The molecule has 12 heavy (non-hydrogen) atoms. The van der Waals surface area contributed by atoms with Crippen molar-refractivity contribution in [1.29, 1.82) is 0 Å². The predicted octanol–water partition coefficient (Wildman–Crippen LogP) is 1.83. The Hall–Kier alpha value is -0.630. The minimum absolute atomic E-state index is 0.279. The average Bonchev–Trinajstić information content (AvgIpc) is 1.94. The van der Waals surface area contributed by atoms with E-state index in [9.17, 15) is 9.90 Å². The van der Waals surface area contributed by atoms with E-state index in [1.165, 1.54) is 0 Å². The maximum Gasteiger partial charge on any atom is 0.133 e. The van der Waals surface area contributed by atoms with Crippen molar-refractivity contribution < 1.29 is 9.90 Å². The van der Waals surface area contributed by atoms with Gasteiger partial charge in [-0.2, -0.15) is 0 Å². The van der Waals surface area contributed by atoms with E-state index in [-0.39, 0.29) is 5.78 Å². The third-order valence-electron chi connectivity index (χ3n) is 2.23. The van der Waals surface area contributed by atoms with Crippen LogP contribution in [0.3, 0.4) is 0 Å². The summed E-state index contributed by atoms with van der Waals surface area (Å²) in [7, 11) is 0. The third-order valence-corrected chi connectivity index (χ3v) is 2.23. The summed E-state index contributed by atoms with van der Waals surface area (Å²) < 4.78 is 0. The highest BCUT2D eigenvalue weighted by atomic mass is 16.3. The molecule has 0 bridgehead atoms. The van der Waals surface area contributed by atoms with Gasteiger partial charge in [0.25, 0.3) is 0 Å². The molecule has 1 N–H and O–H groups in total. The molecule has 2 nitrogen and oxygen atoms in total. The van der Waals surface area contributed by atoms with Crippen molar-refractivity contribution in [3.05, 3.63) is 11.6 Å². The SMILES string of the molecule is CC(C)=CC1(O)CCC(=O)CC1. The second-order valence-electron chi connectivity index (χ2n) is 3.86. The van der Waals surface area contributed by atoms with Gasteiger partial charge in [0.05, 0.1) is 5.60 Å². The molecule has 0 aromatic rings. The molecule has 0 radical (unpaired) electrons. The molecule has 1 aliphatic rings. The van der Waals surface area contributed by atoms with Gasteiger partial charge in [0.1, 0.15) is 5.78 Å². The Morgan fingerprint density at radius 2 is 1.92 bits per heavy atom. The van der Waals surface area contributed by atoms with Crippen molar-refractivity contribution in [1.82, 2.24) is 0 Å². The Labute approximate surface area is 73.3 Å². The quantitative estimate of drug-likeness (QED) is 0.606. The summed E-state index contributed by atoms with van der Waals surface area (Å²) in [6.45, 7) is 3.93. The van der Waals surface area contributed by atoms with E-state index in [0.717, 1.165) is 5.57 Å². The Morgan fingerprint density at radius 3 is 2.33 bits per heavy atom. The summed E-state index contributed by atoms with van der Waals surface area (Å²) in [4.78, 5) is 10.9. The molecule has 0 amide bonds. The zero-order valence-corrected chi connectivity index (χ0v) is 7.76. The zero-order valence-electron chi connectivity index (χ0n) is 7.76. The summed E-state index contributed by atoms with van der Waals surface area (Å²) in [5, 5.41) is 9.93. The van der Waals surface area contributed by atoms with Crippen LogP contribution >= 0.6 is 0 Å². The van der Waals surface area contributed by atoms with Crippen LogP contribution in [0, 0.1) is 0 Å². The van der Waals surface area contributed by atoms with Crippen molar-refractivity contribution in [2.24, 2.45) is 0 Å². The van der Waals surface area contributed by atoms with E-state index >= 15 is 0 Å². The fraction of sp³-hybridized carbons (Fsp3) is 0.700. The van der Waals surface area contributed by atoms with Crippen molar-refractivity contribution in [2.45, 2.75) is 45.1 Å². The van der Waals surface area contributed by atoms with Crippen molar-refractivity contribution >= 4 is 5.78 Å². The molecule has 0 saturated heterocycles. The molecule has 1 saturated carbocycles. The first-order chi connectivity index (χ1) is 5.52. The van der Waals surface area contributed by atoms with Gasteiger partial charge in [-0.05, 0) is 26.7 Å². The fourth-order valence-electron chi connectivity index (χ4n) is 1.64. The highest BCUT2D eigenvalue weighted by Gasteiger charge is 2.29. The first-order valence-electron chi connectivity index (χ1n) is 4.42. The monoisotopic (exact) mass is 168 g/mol. The molecule has 1 rings (SSSR count). The van der Waals surface area contributed by atoms with Crippen LogP contribution in [0.1, 0.15) is 39.5 Å². The van der Waals surface area contributed by atoms with Crippen LogP contribution in [0.25, 0.3) is 0 Å². The first-order valence-corrected chi connectivity index (χ1v) is 4.42. The number of allylic oxidation sites excluding steroid dienone is 1. The average molecular weight is 168 g/mol. The van der Waals surface area contributed by atoms with Crippen LogP contribution in [0.5, 0.6) is 0 Å². The Balaban J connectivity index is 2.62. The topological polar surface area (TPSA) is 37.3 Å². The lowest BCUT2D eigenvalue weighted by Crippen LogP contribution is -2.32. The van der Waals surface area contributed by atoms with E-state index in [4.69, 9.17) is 0 Å². The van der Waals surface area contributed by atoms with Crippen molar-refractivity contribution in [3.8, 4) is 0 Å². The van der Waals surface area contributed by atoms with Gasteiger partial charge < -0.3 is 5.11 Å². The molecule has 0 aromatic heterocycles. The smallest absolute Gasteiger partial charge is 0.133 e. The lowest BCUT2D eigenvalue weighted by molar-refractivity contribution is -0.123. The highest BCUT2D eigenvalue weighted by molar-refractivity contribution is 5.79. The summed E-state index contributed by atoms with van der Waals surface area (Å²) in [5.41, 5.74) is 0.416. The number of Topliss-reactive ketones (excluding diaryl/α,β-unsaturated/α-hetero) is 1.